The number of halogens is 2. The van der Waals surface area contributed by atoms with Crippen LogP contribution in [0.25, 0.3) is 0 Å². The van der Waals surface area contributed by atoms with E-state index in [0.717, 1.165) is 22.4 Å². The highest BCUT2D eigenvalue weighted by Gasteiger charge is 2.09. The third-order valence-corrected chi connectivity index (χ3v) is 4.34. The molecule has 122 valence electrons. The third kappa shape index (κ3) is 4.30. The zero-order valence-corrected chi connectivity index (χ0v) is 14.7. The molecule has 0 bridgehead atoms. The third-order valence-electron chi connectivity index (χ3n) is 3.52. The second kappa shape index (κ2) is 7.57. The van der Waals surface area contributed by atoms with Crippen molar-refractivity contribution in [3.05, 3.63) is 57.1 Å². The first-order valence-electron chi connectivity index (χ1n) is 7.08. The number of amides is 2. The number of benzene rings is 2. The lowest BCUT2D eigenvalue weighted by atomic mass is 10.1. The van der Waals surface area contributed by atoms with Gasteiger partial charge in [-0.1, -0.05) is 41.4 Å². The van der Waals surface area contributed by atoms with Gasteiger partial charge in [-0.25, -0.2) is 4.79 Å². The van der Waals surface area contributed by atoms with Gasteiger partial charge >= 0.3 is 6.03 Å². The topological polar surface area (TPSA) is 50.4 Å². The highest BCUT2D eigenvalue weighted by atomic mass is 35.5. The van der Waals surface area contributed by atoms with E-state index >= 15 is 0 Å². The van der Waals surface area contributed by atoms with Gasteiger partial charge in [0.1, 0.15) is 5.75 Å². The lowest BCUT2D eigenvalue weighted by Crippen LogP contribution is -2.32. The molecular weight excluding hydrogens is 335 g/mol. The van der Waals surface area contributed by atoms with Crippen molar-refractivity contribution in [3.63, 3.8) is 0 Å². The first-order chi connectivity index (χ1) is 10.9. The van der Waals surface area contributed by atoms with Crippen molar-refractivity contribution in [2.45, 2.75) is 20.8 Å². The molecule has 0 radical (unpaired) electrons. The molecule has 6 heteroatoms. The molecule has 0 saturated carbocycles. The maximum absolute atomic E-state index is 11.9. The van der Waals surface area contributed by atoms with Gasteiger partial charge in [-0.05, 0) is 49.6 Å². The number of hydrogen-bond acceptors (Lipinski definition) is 2. The molecule has 0 unspecified atom stereocenters. The summed E-state index contributed by atoms with van der Waals surface area (Å²) in [6, 6.07) is 8.64. The molecule has 0 aliphatic carbocycles. The lowest BCUT2D eigenvalue weighted by Gasteiger charge is -2.15. The van der Waals surface area contributed by atoms with Gasteiger partial charge < -0.3 is 15.4 Å². The molecule has 0 aliphatic rings. The predicted molar refractivity (Wildman–Crippen MR) is 94.8 cm³/mol. The van der Waals surface area contributed by atoms with E-state index in [2.05, 4.69) is 10.6 Å². The monoisotopic (exact) mass is 352 g/mol. The minimum Gasteiger partial charge on any atom is -0.473 e. The summed E-state index contributed by atoms with van der Waals surface area (Å²) in [5.74, 6) is 0.783. The molecule has 0 aromatic heterocycles. The Hall–Kier alpha value is -1.91. The summed E-state index contributed by atoms with van der Waals surface area (Å²) in [6.07, 6.45) is 0. The van der Waals surface area contributed by atoms with Crippen molar-refractivity contribution >= 4 is 34.9 Å². The summed E-state index contributed by atoms with van der Waals surface area (Å²) in [4.78, 5) is 11.9. The lowest BCUT2D eigenvalue weighted by molar-refractivity contribution is 0.234. The number of hydrogen-bond donors (Lipinski definition) is 2. The Bertz CT molecular complexity index is 733. The van der Waals surface area contributed by atoms with Crippen LogP contribution in [0.4, 0.5) is 10.5 Å². The normalized spacial score (nSPS) is 10.3. The van der Waals surface area contributed by atoms with Crippen molar-refractivity contribution in [2.75, 3.05) is 12.0 Å². The number of aryl methyl sites for hydroxylation is 2. The Morgan fingerprint density at radius 3 is 2.52 bits per heavy atom. The first-order valence-corrected chi connectivity index (χ1v) is 7.84. The zero-order valence-electron chi connectivity index (χ0n) is 13.2. The van der Waals surface area contributed by atoms with E-state index in [0.29, 0.717) is 15.7 Å². The summed E-state index contributed by atoms with van der Waals surface area (Å²) < 4.78 is 5.68. The minimum absolute atomic E-state index is 0.0507. The van der Waals surface area contributed by atoms with Crippen LogP contribution in [0.1, 0.15) is 16.7 Å². The molecule has 0 heterocycles. The van der Waals surface area contributed by atoms with Crippen molar-refractivity contribution in [1.29, 1.82) is 0 Å². The molecule has 0 saturated heterocycles. The second-order valence-electron chi connectivity index (χ2n) is 5.17. The van der Waals surface area contributed by atoms with Crippen molar-refractivity contribution < 1.29 is 9.53 Å². The van der Waals surface area contributed by atoms with E-state index in [9.17, 15) is 4.79 Å². The molecule has 23 heavy (non-hydrogen) atoms. The summed E-state index contributed by atoms with van der Waals surface area (Å²) in [5, 5.41) is 5.94. The largest absolute Gasteiger partial charge is 0.473 e. The van der Waals surface area contributed by atoms with Crippen LogP contribution in [-0.2, 0) is 0 Å². The second-order valence-corrected chi connectivity index (χ2v) is 5.96. The van der Waals surface area contributed by atoms with Crippen LogP contribution in [-0.4, -0.2) is 12.8 Å². The fourth-order valence-electron chi connectivity index (χ4n) is 2.09. The fraction of sp³-hybridized carbons (Fsp3) is 0.235. The van der Waals surface area contributed by atoms with Crippen molar-refractivity contribution in [3.8, 4) is 5.75 Å². The number of ether oxygens (including phenoxy) is 1. The van der Waals surface area contributed by atoms with Crippen molar-refractivity contribution in [2.24, 2.45) is 0 Å². The molecule has 0 fully saturated rings. The summed E-state index contributed by atoms with van der Waals surface area (Å²) in [7, 11) is 0. The molecular formula is C17H18Cl2N2O2. The molecule has 2 amide bonds. The van der Waals surface area contributed by atoms with Crippen LogP contribution in [0.15, 0.2) is 30.3 Å². The quantitative estimate of drug-likeness (QED) is 0.754. The van der Waals surface area contributed by atoms with Gasteiger partial charge in [0, 0.05) is 0 Å². The average molecular weight is 353 g/mol. The van der Waals surface area contributed by atoms with Gasteiger partial charge in [0.25, 0.3) is 0 Å². The van der Waals surface area contributed by atoms with E-state index in [1.165, 1.54) is 0 Å². The number of carbonyl (C=O) groups excluding carboxylic acids is 1. The molecule has 2 rings (SSSR count). The van der Waals surface area contributed by atoms with Gasteiger partial charge in [0.05, 0.1) is 15.7 Å². The smallest absolute Gasteiger partial charge is 0.321 e. The van der Waals surface area contributed by atoms with Crippen molar-refractivity contribution in [1.82, 2.24) is 5.32 Å². The van der Waals surface area contributed by atoms with Crippen LogP contribution >= 0.6 is 23.2 Å². The maximum atomic E-state index is 11.9. The van der Waals surface area contributed by atoms with Crippen LogP contribution < -0.4 is 15.4 Å². The first kappa shape index (κ1) is 17.4. The number of nitrogens with one attached hydrogen (secondary N) is 2. The molecule has 2 aromatic rings. The predicted octanol–water partition coefficient (Wildman–Crippen LogP) is 5.08. The zero-order chi connectivity index (χ0) is 17.0. The molecule has 2 aromatic carbocycles. The van der Waals surface area contributed by atoms with Gasteiger partial charge in [-0.15, -0.1) is 0 Å². The highest BCUT2D eigenvalue weighted by Crippen LogP contribution is 2.29. The molecule has 0 spiro atoms. The number of carbonyl (C=O) groups is 1. The van der Waals surface area contributed by atoms with Gasteiger partial charge in [0.2, 0.25) is 0 Å². The van der Waals surface area contributed by atoms with Gasteiger partial charge in [0.15, 0.2) is 6.73 Å². The minimum atomic E-state index is -0.419. The van der Waals surface area contributed by atoms with Crippen LogP contribution in [0.5, 0.6) is 5.75 Å². The van der Waals surface area contributed by atoms with Crippen LogP contribution in [0.3, 0.4) is 0 Å². The Labute approximate surface area is 145 Å². The average Bonchev–Trinajstić information content (AvgIpc) is 2.51. The van der Waals surface area contributed by atoms with Gasteiger partial charge in [-0.2, -0.15) is 0 Å². The number of rotatable bonds is 4. The summed E-state index contributed by atoms with van der Waals surface area (Å²) >= 11 is 11.9. The van der Waals surface area contributed by atoms with E-state index in [4.69, 9.17) is 27.9 Å². The fourth-order valence-corrected chi connectivity index (χ4v) is 2.44. The van der Waals surface area contributed by atoms with Crippen LogP contribution in [0, 0.1) is 20.8 Å². The van der Waals surface area contributed by atoms with E-state index in [-0.39, 0.29) is 6.73 Å². The van der Waals surface area contributed by atoms with E-state index in [1.807, 2.05) is 32.9 Å². The summed E-state index contributed by atoms with van der Waals surface area (Å²) in [5.41, 5.74) is 3.67. The molecule has 2 N–H and O–H groups in total. The number of anilines is 1. The Kier molecular flexibility index (Phi) is 5.74. The molecule has 4 nitrogen and oxygen atoms in total. The van der Waals surface area contributed by atoms with Gasteiger partial charge in [-0.3, -0.25) is 0 Å². The summed E-state index contributed by atoms with van der Waals surface area (Å²) in [6.45, 7) is 6.02. The molecule has 0 aliphatic heterocycles. The Morgan fingerprint density at radius 2 is 1.78 bits per heavy atom. The molecule has 0 atom stereocenters. The Balaban J connectivity index is 1.93. The standard InChI is InChI=1S/C17H18Cl2N2O2/c1-10-7-8-11(2)16(12(10)3)23-9-20-17(22)21-14-6-4-5-13(18)15(14)19/h4-8H,9H2,1-3H3,(H2,20,21,22). The SMILES string of the molecule is Cc1ccc(C)c(OCNC(=O)Nc2cccc(Cl)c2Cl)c1C. The van der Waals surface area contributed by atoms with E-state index < -0.39 is 6.03 Å². The highest BCUT2D eigenvalue weighted by molar-refractivity contribution is 6.43. The maximum Gasteiger partial charge on any atom is 0.321 e. The Morgan fingerprint density at radius 1 is 1.09 bits per heavy atom. The van der Waals surface area contributed by atoms with Crippen LogP contribution in [0.2, 0.25) is 10.0 Å². The van der Waals surface area contributed by atoms with E-state index in [1.54, 1.807) is 18.2 Å². The number of urea groups is 1.